The van der Waals surface area contributed by atoms with Crippen LogP contribution in [0.2, 0.25) is 0 Å². The summed E-state index contributed by atoms with van der Waals surface area (Å²) in [5.74, 6) is 2.46. The molecule has 6 heteroatoms. The number of thiophene rings is 1. The molecule has 0 spiro atoms. The van der Waals surface area contributed by atoms with Gasteiger partial charge in [0.1, 0.15) is 4.88 Å². The Morgan fingerprint density at radius 3 is 2.50 bits per heavy atom. The van der Waals surface area contributed by atoms with Crippen LogP contribution >= 0.6 is 23.1 Å². The Bertz CT molecular complexity index is 476. The smallest absolute Gasteiger partial charge is 0.260 e. The first kappa shape index (κ1) is 12.2. The van der Waals surface area contributed by atoms with Gasteiger partial charge in [0.15, 0.2) is 0 Å². The molecule has 18 heavy (non-hydrogen) atoms. The highest BCUT2D eigenvalue weighted by atomic mass is 32.2. The SMILES string of the molecule is NC(=O)c1sc(N2CCSCC2)c(C2CC2)c1N. The molecule has 1 amide bonds. The molecule has 0 unspecified atom stereocenters. The monoisotopic (exact) mass is 283 g/mol. The maximum atomic E-state index is 11.4. The second-order valence-electron chi connectivity index (χ2n) is 4.80. The van der Waals surface area contributed by atoms with Crippen LogP contribution in [0.1, 0.15) is 34.0 Å². The Balaban J connectivity index is 2.00. The summed E-state index contributed by atoms with van der Waals surface area (Å²) in [4.78, 5) is 14.4. The van der Waals surface area contributed by atoms with Crippen molar-refractivity contribution in [1.82, 2.24) is 0 Å². The Hall–Kier alpha value is -0.880. The molecule has 0 aromatic carbocycles. The lowest BCUT2D eigenvalue weighted by molar-refractivity contribution is 0.100. The summed E-state index contributed by atoms with van der Waals surface area (Å²) in [6.07, 6.45) is 2.38. The molecule has 2 fully saturated rings. The van der Waals surface area contributed by atoms with Crippen LogP contribution in [0, 0.1) is 0 Å². The lowest BCUT2D eigenvalue weighted by Crippen LogP contribution is -2.32. The summed E-state index contributed by atoms with van der Waals surface area (Å²) in [6.45, 7) is 2.09. The van der Waals surface area contributed by atoms with E-state index in [1.807, 2.05) is 11.8 Å². The summed E-state index contributed by atoms with van der Waals surface area (Å²) < 4.78 is 0. The van der Waals surface area contributed by atoms with Crippen LogP contribution in [0.4, 0.5) is 10.7 Å². The molecular formula is C12H17N3OS2. The van der Waals surface area contributed by atoms with Crippen molar-refractivity contribution in [3.05, 3.63) is 10.4 Å². The third-order valence-electron chi connectivity index (χ3n) is 3.47. The summed E-state index contributed by atoms with van der Waals surface area (Å²) >= 11 is 3.47. The second-order valence-corrected chi connectivity index (χ2v) is 7.03. The zero-order chi connectivity index (χ0) is 12.7. The van der Waals surface area contributed by atoms with Gasteiger partial charge >= 0.3 is 0 Å². The van der Waals surface area contributed by atoms with Crippen LogP contribution in [-0.2, 0) is 0 Å². The van der Waals surface area contributed by atoms with E-state index in [4.69, 9.17) is 11.5 Å². The molecule has 2 heterocycles. The molecule has 4 nitrogen and oxygen atoms in total. The van der Waals surface area contributed by atoms with Gasteiger partial charge in [0.2, 0.25) is 0 Å². The second kappa shape index (κ2) is 4.66. The van der Waals surface area contributed by atoms with E-state index < -0.39 is 5.91 Å². The minimum Gasteiger partial charge on any atom is -0.397 e. The molecule has 3 rings (SSSR count). The van der Waals surface area contributed by atoms with Crippen molar-refractivity contribution in [2.24, 2.45) is 5.73 Å². The molecule has 98 valence electrons. The number of anilines is 2. The average molecular weight is 283 g/mol. The molecular weight excluding hydrogens is 266 g/mol. The van der Waals surface area contributed by atoms with Crippen molar-refractivity contribution in [2.75, 3.05) is 35.2 Å². The van der Waals surface area contributed by atoms with Crippen LogP contribution in [-0.4, -0.2) is 30.5 Å². The number of nitrogen functional groups attached to an aromatic ring is 1. The topological polar surface area (TPSA) is 72.4 Å². The minimum absolute atomic E-state index is 0.392. The molecule has 1 aliphatic carbocycles. The molecule has 1 aromatic heterocycles. The number of thioether (sulfide) groups is 1. The molecule has 4 N–H and O–H groups in total. The van der Waals surface area contributed by atoms with Crippen LogP contribution in [0.3, 0.4) is 0 Å². The van der Waals surface area contributed by atoms with Gasteiger partial charge < -0.3 is 16.4 Å². The van der Waals surface area contributed by atoms with Crippen molar-refractivity contribution >= 4 is 39.7 Å². The minimum atomic E-state index is -0.392. The van der Waals surface area contributed by atoms with Crippen molar-refractivity contribution in [3.63, 3.8) is 0 Å². The number of nitrogens with zero attached hydrogens (tertiary/aromatic N) is 1. The van der Waals surface area contributed by atoms with Gasteiger partial charge in [-0.3, -0.25) is 4.79 Å². The summed E-state index contributed by atoms with van der Waals surface area (Å²) in [7, 11) is 0. The maximum absolute atomic E-state index is 11.4. The van der Waals surface area contributed by atoms with E-state index in [0.717, 1.165) is 24.6 Å². The van der Waals surface area contributed by atoms with E-state index in [-0.39, 0.29) is 0 Å². The average Bonchev–Trinajstić information content (AvgIpc) is 3.14. The van der Waals surface area contributed by atoms with Gasteiger partial charge in [-0.1, -0.05) is 0 Å². The number of rotatable bonds is 3. The lowest BCUT2D eigenvalue weighted by Gasteiger charge is -2.28. The normalized spacial score (nSPS) is 20.1. The highest BCUT2D eigenvalue weighted by Gasteiger charge is 2.34. The van der Waals surface area contributed by atoms with E-state index in [0.29, 0.717) is 16.5 Å². The number of hydrogen-bond donors (Lipinski definition) is 2. The number of carbonyl (C=O) groups is 1. The standard InChI is InChI=1S/C12H17N3OS2/c13-9-8(7-1-2-7)12(18-10(9)11(14)16)15-3-5-17-6-4-15/h7H,1-6,13H2,(H2,14,16). The van der Waals surface area contributed by atoms with Gasteiger partial charge in [0.25, 0.3) is 5.91 Å². The van der Waals surface area contributed by atoms with Crippen LogP contribution in [0.15, 0.2) is 0 Å². The van der Waals surface area contributed by atoms with E-state index in [1.54, 1.807) is 0 Å². The summed E-state index contributed by atoms with van der Waals surface area (Å²) in [5.41, 5.74) is 13.4. The third kappa shape index (κ3) is 2.07. The predicted molar refractivity (Wildman–Crippen MR) is 78.8 cm³/mol. The fraction of sp³-hybridized carbons (Fsp3) is 0.583. The Morgan fingerprint density at radius 1 is 1.28 bits per heavy atom. The number of carbonyl (C=O) groups excluding carboxylic acids is 1. The van der Waals surface area contributed by atoms with Crippen molar-refractivity contribution < 1.29 is 4.79 Å². The Labute approximate surface area is 115 Å². The van der Waals surface area contributed by atoms with E-state index in [1.165, 1.54) is 34.7 Å². The summed E-state index contributed by atoms with van der Waals surface area (Å²) in [6, 6.07) is 0. The number of amides is 1. The van der Waals surface area contributed by atoms with Crippen molar-refractivity contribution in [3.8, 4) is 0 Å². The highest BCUT2D eigenvalue weighted by molar-refractivity contribution is 7.99. The zero-order valence-corrected chi connectivity index (χ0v) is 11.8. The van der Waals surface area contributed by atoms with Gasteiger partial charge in [-0.05, 0) is 18.8 Å². The van der Waals surface area contributed by atoms with E-state index in [2.05, 4.69) is 4.90 Å². The van der Waals surface area contributed by atoms with Crippen LogP contribution in [0.25, 0.3) is 0 Å². The molecule has 1 saturated heterocycles. The number of nitrogens with two attached hydrogens (primary N) is 2. The molecule has 0 atom stereocenters. The lowest BCUT2D eigenvalue weighted by atomic mass is 10.1. The van der Waals surface area contributed by atoms with Crippen molar-refractivity contribution in [1.29, 1.82) is 0 Å². The van der Waals surface area contributed by atoms with Gasteiger partial charge in [0, 0.05) is 30.2 Å². The fourth-order valence-corrected chi connectivity index (χ4v) is 4.51. The molecule has 1 saturated carbocycles. The Morgan fingerprint density at radius 2 is 1.94 bits per heavy atom. The molecule has 1 aromatic rings. The zero-order valence-electron chi connectivity index (χ0n) is 10.1. The van der Waals surface area contributed by atoms with Crippen molar-refractivity contribution in [2.45, 2.75) is 18.8 Å². The first-order valence-electron chi connectivity index (χ1n) is 6.23. The highest BCUT2D eigenvalue weighted by Crippen LogP contribution is 2.52. The Kier molecular flexibility index (Phi) is 3.15. The summed E-state index contributed by atoms with van der Waals surface area (Å²) in [5, 5.41) is 1.20. The van der Waals surface area contributed by atoms with Crippen LogP contribution in [0.5, 0.6) is 0 Å². The molecule has 0 bridgehead atoms. The number of primary amides is 1. The molecule has 2 aliphatic rings. The molecule has 0 radical (unpaired) electrons. The maximum Gasteiger partial charge on any atom is 0.260 e. The predicted octanol–water partition coefficient (Wildman–Crippen LogP) is 1.86. The first-order chi connectivity index (χ1) is 8.68. The van der Waals surface area contributed by atoms with E-state index in [9.17, 15) is 4.79 Å². The van der Waals surface area contributed by atoms with Gasteiger partial charge in [-0.15, -0.1) is 11.3 Å². The van der Waals surface area contributed by atoms with Gasteiger partial charge in [0.05, 0.1) is 10.7 Å². The fourth-order valence-electron chi connectivity index (χ4n) is 2.40. The van der Waals surface area contributed by atoms with E-state index >= 15 is 0 Å². The first-order valence-corrected chi connectivity index (χ1v) is 8.20. The molecule has 1 aliphatic heterocycles. The van der Waals surface area contributed by atoms with Gasteiger partial charge in [-0.25, -0.2) is 0 Å². The quantitative estimate of drug-likeness (QED) is 0.888. The van der Waals surface area contributed by atoms with Gasteiger partial charge in [-0.2, -0.15) is 11.8 Å². The number of hydrogen-bond acceptors (Lipinski definition) is 5. The third-order valence-corrected chi connectivity index (χ3v) is 5.71. The largest absolute Gasteiger partial charge is 0.397 e. The van der Waals surface area contributed by atoms with Crippen LogP contribution < -0.4 is 16.4 Å².